The average Bonchev–Trinajstić information content (AvgIpc) is 3.72. The van der Waals surface area contributed by atoms with E-state index >= 15 is 0 Å². The Kier molecular flexibility index (Phi) is 9.06. The first-order chi connectivity index (χ1) is 22.1. The van der Waals surface area contributed by atoms with Crippen LogP contribution in [0.5, 0.6) is 0 Å². The van der Waals surface area contributed by atoms with Gasteiger partial charge in [-0.25, -0.2) is 9.59 Å². The summed E-state index contributed by atoms with van der Waals surface area (Å²) < 4.78 is 11.7. The predicted molar refractivity (Wildman–Crippen MR) is 177 cm³/mol. The summed E-state index contributed by atoms with van der Waals surface area (Å²) in [6.07, 6.45) is -0.513. The van der Waals surface area contributed by atoms with Gasteiger partial charge in [0.25, 0.3) is 5.91 Å². The molecule has 0 radical (unpaired) electrons. The highest BCUT2D eigenvalue weighted by atomic mass is 32.2. The van der Waals surface area contributed by atoms with Crippen LogP contribution in [0.1, 0.15) is 49.3 Å². The highest BCUT2D eigenvalue weighted by Crippen LogP contribution is 2.45. The number of benzene rings is 2. The molecule has 46 heavy (non-hydrogen) atoms. The molecule has 3 aliphatic rings. The number of hydrogen-bond acceptors (Lipinski definition) is 8. The lowest BCUT2D eigenvalue weighted by Crippen LogP contribution is -2.70. The summed E-state index contributed by atoms with van der Waals surface area (Å²) in [5.74, 6) is -0.959. The van der Waals surface area contributed by atoms with E-state index in [9.17, 15) is 19.2 Å². The van der Waals surface area contributed by atoms with Gasteiger partial charge in [-0.1, -0.05) is 66.7 Å². The van der Waals surface area contributed by atoms with Crippen molar-refractivity contribution >= 4 is 47.0 Å². The molecule has 3 amide bonds. The molecule has 4 heterocycles. The van der Waals surface area contributed by atoms with E-state index < -0.39 is 41.1 Å². The van der Waals surface area contributed by atoms with Crippen LogP contribution in [0.25, 0.3) is 0 Å². The fourth-order valence-corrected chi connectivity index (χ4v) is 7.91. The van der Waals surface area contributed by atoms with Gasteiger partial charge in [-0.05, 0) is 60.9 Å². The van der Waals surface area contributed by atoms with Crippen LogP contribution in [0.4, 0.5) is 4.79 Å². The van der Waals surface area contributed by atoms with E-state index in [0.717, 1.165) is 21.6 Å². The molecular formula is C35H35N3O6S2. The zero-order valence-electron chi connectivity index (χ0n) is 25.8. The first-order valence-electron chi connectivity index (χ1n) is 15.1. The molecule has 2 atom stereocenters. The number of carbonyl (C=O) groups excluding carboxylic acids is 4. The molecule has 1 aromatic heterocycles. The van der Waals surface area contributed by atoms with Crippen LogP contribution in [0.15, 0.2) is 101 Å². The fraction of sp³-hybridized carbons (Fsp3) is 0.314. The van der Waals surface area contributed by atoms with Gasteiger partial charge in [0.1, 0.15) is 22.7 Å². The van der Waals surface area contributed by atoms with Crippen LogP contribution in [-0.2, 0) is 30.3 Å². The van der Waals surface area contributed by atoms with E-state index in [2.05, 4.69) is 10.6 Å². The van der Waals surface area contributed by atoms with E-state index in [4.69, 9.17) is 9.47 Å². The van der Waals surface area contributed by atoms with E-state index in [-0.39, 0.29) is 11.6 Å². The maximum absolute atomic E-state index is 14.5. The summed E-state index contributed by atoms with van der Waals surface area (Å²) in [7, 11) is 0. The number of esters is 1. The summed E-state index contributed by atoms with van der Waals surface area (Å²) >= 11 is 3.00. The van der Waals surface area contributed by atoms with E-state index in [1.807, 2.05) is 78.2 Å². The molecule has 0 saturated carbocycles. The maximum Gasteiger partial charge on any atom is 0.408 e. The van der Waals surface area contributed by atoms with E-state index in [1.54, 1.807) is 32.1 Å². The van der Waals surface area contributed by atoms with Gasteiger partial charge >= 0.3 is 12.1 Å². The quantitative estimate of drug-likeness (QED) is 0.187. The molecule has 2 fully saturated rings. The molecule has 0 unspecified atom stereocenters. The van der Waals surface area contributed by atoms with Crippen LogP contribution >= 0.6 is 23.1 Å². The van der Waals surface area contributed by atoms with Crippen LogP contribution in [0.2, 0.25) is 0 Å². The molecule has 0 spiro atoms. The molecule has 0 aliphatic carbocycles. The molecule has 2 aromatic carbocycles. The smallest absolute Gasteiger partial charge is 0.408 e. The third-order valence-electron chi connectivity index (χ3n) is 7.86. The lowest BCUT2D eigenvalue weighted by molar-refractivity contribution is -0.153. The van der Waals surface area contributed by atoms with Crippen LogP contribution in [0.3, 0.4) is 0 Å². The number of β-lactam (4-membered cyclic amide) rings is 1. The van der Waals surface area contributed by atoms with Crippen LogP contribution in [0, 0.1) is 0 Å². The standard InChI is InChI=1S/C35H35N3O6S2/c1-35(2,3)44-34(42)37-27-31(40)38-28(33(41)43-29(21-11-6-4-7-12-21)22-13-8-5-9-14-22)26(20-46-32(27)38)25(19-23-15-10-18-45-23)24-16-17-36-30(24)39/h4-15,18,27,29,32H,16-17,19-20H2,1-3H3,(H,36,39)(H,37,42)/t27-,32-/m1/s1. The number of amides is 3. The molecule has 0 bridgehead atoms. The van der Waals surface area contributed by atoms with Crippen molar-refractivity contribution < 1.29 is 28.7 Å². The lowest BCUT2D eigenvalue weighted by Gasteiger charge is -2.50. The van der Waals surface area contributed by atoms with Gasteiger partial charge in [-0.15, -0.1) is 23.1 Å². The van der Waals surface area contributed by atoms with Crippen molar-refractivity contribution in [3.63, 3.8) is 0 Å². The van der Waals surface area contributed by atoms with E-state index in [1.165, 1.54) is 16.7 Å². The van der Waals surface area contributed by atoms with Crippen molar-refractivity contribution in [3.8, 4) is 0 Å². The largest absolute Gasteiger partial charge is 0.448 e. The Morgan fingerprint density at radius 1 is 1.00 bits per heavy atom. The molecule has 11 heteroatoms. The monoisotopic (exact) mass is 657 g/mol. The Balaban J connectivity index is 1.42. The number of rotatable bonds is 8. The van der Waals surface area contributed by atoms with Gasteiger partial charge in [0.2, 0.25) is 5.91 Å². The molecule has 2 saturated heterocycles. The van der Waals surface area contributed by atoms with Gasteiger partial charge in [0.05, 0.1) is 0 Å². The topological polar surface area (TPSA) is 114 Å². The minimum absolute atomic E-state index is 0.103. The molecule has 9 nitrogen and oxygen atoms in total. The molecule has 2 N–H and O–H groups in total. The molecular weight excluding hydrogens is 623 g/mol. The Labute approximate surface area is 276 Å². The normalized spacial score (nSPS) is 20.6. The third kappa shape index (κ3) is 6.61. The minimum atomic E-state index is -0.883. The van der Waals surface area contributed by atoms with Crippen molar-refractivity contribution in [1.82, 2.24) is 15.5 Å². The van der Waals surface area contributed by atoms with Gasteiger partial charge in [0, 0.05) is 29.2 Å². The summed E-state index contributed by atoms with van der Waals surface area (Å²) in [4.78, 5) is 56.5. The number of allylic oxidation sites excluding steroid dienone is 1. The number of thioether (sulfide) groups is 1. The zero-order chi connectivity index (χ0) is 32.4. The summed E-state index contributed by atoms with van der Waals surface area (Å²) in [5.41, 5.74) is 2.83. The number of alkyl carbamates (subject to hydrolysis) is 1. The highest BCUT2D eigenvalue weighted by molar-refractivity contribution is 8.00. The second-order valence-electron chi connectivity index (χ2n) is 12.2. The minimum Gasteiger partial charge on any atom is -0.448 e. The van der Waals surface area contributed by atoms with Gasteiger partial charge < -0.3 is 20.1 Å². The van der Waals surface area contributed by atoms with Crippen LogP contribution < -0.4 is 10.6 Å². The second kappa shape index (κ2) is 13.2. The molecule has 3 aromatic rings. The van der Waals surface area contributed by atoms with Crippen molar-refractivity contribution in [2.24, 2.45) is 0 Å². The van der Waals surface area contributed by atoms with Crippen molar-refractivity contribution in [2.45, 2.75) is 56.7 Å². The van der Waals surface area contributed by atoms with Crippen molar-refractivity contribution in [3.05, 3.63) is 117 Å². The molecule has 238 valence electrons. The third-order valence-corrected chi connectivity index (χ3v) is 10.0. The highest BCUT2D eigenvalue weighted by Gasteiger charge is 2.55. The second-order valence-corrected chi connectivity index (χ2v) is 14.3. The number of thiophene rings is 1. The van der Waals surface area contributed by atoms with Gasteiger partial charge in [-0.2, -0.15) is 0 Å². The summed E-state index contributed by atoms with van der Waals surface area (Å²) in [6.45, 7) is 5.74. The molecule has 3 aliphatic heterocycles. The maximum atomic E-state index is 14.5. The fourth-order valence-electron chi connectivity index (χ4n) is 5.81. The van der Waals surface area contributed by atoms with Gasteiger partial charge in [-0.3, -0.25) is 14.5 Å². The summed E-state index contributed by atoms with van der Waals surface area (Å²) in [6, 6.07) is 21.9. The van der Waals surface area contributed by atoms with Crippen LogP contribution in [-0.4, -0.2) is 58.1 Å². The SMILES string of the molecule is CC(C)(C)OC(=O)N[C@@H]1C(=O)N2C(C(=O)OC(c3ccccc3)c3ccccc3)=C(C(Cc3cccs3)=C3CCNC3=O)CS[C@H]12. The Morgan fingerprint density at radius 3 is 2.24 bits per heavy atom. The van der Waals surface area contributed by atoms with Gasteiger partial charge in [0.15, 0.2) is 6.10 Å². The predicted octanol–water partition coefficient (Wildman–Crippen LogP) is 5.50. The number of nitrogens with one attached hydrogen (secondary N) is 2. The summed E-state index contributed by atoms with van der Waals surface area (Å²) in [5, 5.41) is 7.01. The lowest BCUT2D eigenvalue weighted by atomic mass is 9.92. The first-order valence-corrected chi connectivity index (χ1v) is 17.0. The Hall–Kier alpha value is -4.35. The van der Waals surface area contributed by atoms with Crippen molar-refractivity contribution in [1.29, 1.82) is 0 Å². The van der Waals surface area contributed by atoms with E-state index in [0.29, 0.717) is 36.3 Å². The Bertz CT molecular complexity index is 1660. The number of fused-ring (bicyclic) bond motifs is 1. The van der Waals surface area contributed by atoms with Crippen molar-refractivity contribution in [2.75, 3.05) is 12.3 Å². The average molecular weight is 658 g/mol. The number of carbonyl (C=O) groups is 4. The number of ether oxygens (including phenoxy) is 2. The molecule has 6 rings (SSSR count). The first kappa shape index (κ1) is 31.6. The Morgan fingerprint density at radius 2 is 1.67 bits per heavy atom. The number of hydrogen-bond donors (Lipinski definition) is 2. The number of nitrogens with zero attached hydrogens (tertiary/aromatic N) is 1. The zero-order valence-corrected chi connectivity index (χ0v) is 27.4.